The van der Waals surface area contributed by atoms with Gasteiger partial charge in [-0.15, -0.1) is 0 Å². The zero-order valence-corrected chi connectivity index (χ0v) is 8.25. The summed E-state index contributed by atoms with van der Waals surface area (Å²) in [5.74, 6) is -0.676. The third-order valence-corrected chi connectivity index (χ3v) is 1.68. The number of carbonyl (C=O) groups is 1. The van der Waals surface area contributed by atoms with Gasteiger partial charge in [0.25, 0.3) is 0 Å². The molecule has 0 atom stereocenters. The van der Waals surface area contributed by atoms with Gasteiger partial charge in [0.1, 0.15) is 0 Å². The molecular formula is C11H10N2O2. The maximum Gasteiger partial charge on any atom is 0.421 e. The van der Waals surface area contributed by atoms with E-state index in [9.17, 15) is 4.79 Å². The first-order valence-corrected chi connectivity index (χ1v) is 4.35. The van der Waals surface area contributed by atoms with Crippen molar-refractivity contribution in [3.8, 4) is 0 Å². The maximum atomic E-state index is 11.0. The van der Waals surface area contributed by atoms with Crippen molar-refractivity contribution in [2.75, 3.05) is 0 Å². The molecule has 0 unspecified atom stereocenters. The predicted octanol–water partition coefficient (Wildman–Crippen LogP) is 1.89. The lowest BCUT2D eigenvalue weighted by Gasteiger charge is -1.92. The fourth-order valence-corrected chi connectivity index (χ4v) is 0.865. The van der Waals surface area contributed by atoms with Crippen LogP contribution in [0.25, 0.3) is 11.6 Å². The number of ether oxygens (including phenoxy) is 1. The van der Waals surface area contributed by atoms with Crippen molar-refractivity contribution >= 4 is 17.8 Å². The monoisotopic (exact) mass is 202 g/mol. The second-order valence-electron chi connectivity index (χ2n) is 2.80. The van der Waals surface area contributed by atoms with Gasteiger partial charge in [0, 0.05) is 6.92 Å². The minimum absolute atomic E-state index is 0.0901. The summed E-state index contributed by atoms with van der Waals surface area (Å²) in [5, 5.41) is 0. The average molecular weight is 202 g/mol. The van der Waals surface area contributed by atoms with Crippen LogP contribution in [0.4, 0.5) is 0 Å². The van der Waals surface area contributed by atoms with Gasteiger partial charge in [-0.05, 0) is 11.6 Å². The Morgan fingerprint density at radius 2 is 2.07 bits per heavy atom. The summed E-state index contributed by atoms with van der Waals surface area (Å²) >= 11 is 0. The summed E-state index contributed by atoms with van der Waals surface area (Å²) in [5.41, 5.74) is 9.11. The van der Waals surface area contributed by atoms with Crippen LogP contribution in [0.15, 0.2) is 36.6 Å². The van der Waals surface area contributed by atoms with E-state index in [-0.39, 0.29) is 5.71 Å². The van der Waals surface area contributed by atoms with Gasteiger partial charge in [-0.2, -0.15) is 4.79 Å². The van der Waals surface area contributed by atoms with E-state index in [2.05, 4.69) is 9.53 Å². The first kappa shape index (κ1) is 10.9. The Bertz CT molecular complexity index is 417. The molecule has 1 rings (SSSR count). The molecule has 0 aliphatic heterocycles. The summed E-state index contributed by atoms with van der Waals surface area (Å²) in [4.78, 5) is 13.7. The van der Waals surface area contributed by atoms with E-state index < -0.39 is 5.97 Å². The van der Waals surface area contributed by atoms with Crippen LogP contribution in [0, 0.1) is 0 Å². The van der Waals surface area contributed by atoms with Gasteiger partial charge in [-0.3, -0.25) is 0 Å². The minimum Gasteiger partial charge on any atom is -0.426 e. The number of nitrogens with zero attached hydrogens (tertiary/aromatic N) is 2. The van der Waals surface area contributed by atoms with E-state index in [4.69, 9.17) is 5.53 Å². The Labute approximate surface area is 87.4 Å². The Morgan fingerprint density at radius 1 is 1.40 bits per heavy atom. The number of carbonyl (C=O) groups excluding carboxylic acids is 1. The van der Waals surface area contributed by atoms with Gasteiger partial charge in [-0.1, -0.05) is 30.3 Å². The third kappa shape index (κ3) is 3.58. The van der Waals surface area contributed by atoms with Crippen molar-refractivity contribution in [2.45, 2.75) is 6.92 Å². The highest BCUT2D eigenvalue weighted by molar-refractivity contribution is 6.32. The molecular weight excluding hydrogens is 192 g/mol. The molecule has 0 saturated carbocycles. The fraction of sp³-hybridized carbons (Fsp3) is 0.0909. The van der Waals surface area contributed by atoms with Crippen LogP contribution in [0.1, 0.15) is 12.5 Å². The predicted molar refractivity (Wildman–Crippen MR) is 55.9 cm³/mol. The summed E-state index contributed by atoms with van der Waals surface area (Å²) in [6, 6.07) is 9.39. The van der Waals surface area contributed by atoms with Crippen LogP contribution in [0.5, 0.6) is 0 Å². The molecule has 4 nitrogen and oxygen atoms in total. The normalized spacial score (nSPS) is 9.67. The lowest BCUT2D eigenvalue weighted by Crippen LogP contribution is -2.11. The first-order chi connectivity index (χ1) is 7.24. The van der Waals surface area contributed by atoms with Gasteiger partial charge in [0.05, 0.1) is 6.26 Å². The zero-order valence-electron chi connectivity index (χ0n) is 8.25. The Hall–Kier alpha value is -2.19. The quantitative estimate of drug-likeness (QED) is 0.247. The first-order valence-electron chi connectivity index (χ1n) is 4.35. The summed E-state index contributed by atoms with van der Waals surface area (Å²) in [7, 11) is 0. The van der Waals surface area contributed by atoms with Gasteiger partial charge < -0.3 is 10.3 Å². The van der Waals surface area contributed by atoms with E-state index in [0.717, 1.165) is 5.56 Å². The lowest BCUT2D eigenvalue weighted by molar-refractivity contribution is -0.135. The van der Waals surface area contributed by atoms with E-state index in [1.165, 1.54) is 13.2 Å². The molecule has 1 aromatic carbocycles. The van der Waals surface area contributed by atoms with Gasteiger partial charge in [0.2, 0.25) is 0 Å². The molecule has 76 valence electrons. The fourth-order valence-electron chi connectivity index (χ4n) is 0.865. The highest BCUT2D eigenvalue weighted by Crippen LogP contribution is 2.00. The summed E-state index contributed by atoms with van der Waals surface area (Å²) in [6.07, 6.45) is 2.90. The maximum absolute atomic E-state index is 11.0. The molecule has 4 heteroatoms. The molecule has 15 heavy (non-hydrogen) atoms. The Morgan fingerprint density at radius 3 is 2.67 bits per heavy atom. The molecule has 0 fully saturated rings. The molecule has 0 aliphatic rings. The number of rotatable bonds is 3. The second-order valence-corrected chi connectivity index (χ2v) is 2.80. The van der Waals surface area contributed by atoms with Crippen LogP contribution in [0.3, 0.4) is 0 Å². The van der Waals surface area contributed by atoms with Crippen LogP contribution in [-0.2, 0) is 9.53 Å². The molecule has 0 N–H and O–H groups in total. The number of hydrogen-bond acceptors (Lipinski definition) is 2. The Balaban J connectivity index is 2.55. The number of esters is 1. The van der Waals surface area contributed by atoms with Crippen molar-refractivity contribution in [1.82, 2.24) is 0 Å². The molecule has 0 heterocycles. The van der Waals surface area contributed by atoms with Crippen LogP contribution in [-0.4, -0.2) is 16.5 Å². The Kier molecular flexibility index (Phi) is 4.01. The van der Waals surface area contributed by atoms with Crippen LogP contribution in [0.2, 0.25) is 0 Å². The highest BCUT2D eigenvalue weighted by atomic mass is 16.5. The van der Waals surface area contributed by atoms with Crippen molar-refractivity contribution in [3.63, 3.8) is 0 Å². The SMILES string of the molecule is CC(=[N+]=[N-])C(=O)OC=Cc1ccccc1. The summed E-state index contributed by atoms with van der Waals surface area (Å²) < 4.78 is 4.69. The largest absolute Gasteiger partial charge is 0.426 e. The van der Waals surface area contributed by atoms with Crippen LogP contribution >= 0.6 is 0 Å². The third-order valence-electron chi connectivity index (χ3n) is 1.68. The molecule has 0 spiro atoms. The molecule has 0 amide bonds. The van der Waals surface area contributed by atoms with Crippen molar-refractivity contribution in [3.05, 3.63) is 47.7 Å². The zero-order chi connectivity index (χ0) is 11.1. The highest BCUT2D eigenvalue weighted by Gasteiger charge is 2.12. The summed E-state index contributed by atoms with van der Waals surface area (Å²) in [6.45, 7) is 1.36. The van der Waals surface area contributed by atoms with E-state index in [0.29, 0.717) is 0 Å². The lowest BCUT2D eigenvalue weighted by atomic mass is 10.2. The van der Waals surface area contributed by atoms with Gasteiger partial charge >= 0.3 is 11.7 Å². The topological polar surface area (TPSA) is 62.7 Å². The van der Waals surface area contributed by atoms with E-state index in [1.807, 2.05) is 30.3 Å². The smallest absolute Gasteiger partial charge is 0.421 e. The van der Waals surface area contributed by atoms with Gasteiger partial charge in [0.15, 0.2) is 0 Å². The van der Waals surface area contributed by atoms with Gasteiger partial charge in [-0.25, -0.2) is 4.79 Å². The van der Waals surface area contributed by atoms with Crippen molar-refractivity contribution in [1.29, 1.82) is 0 Å². The molecule has 0 aliphatic carbocycles. The molecule has 0 aromatic heterocycles. The van der Waals surface area contributed by atoms with Crippen molar-refractivity contribution in [2.24, 2.45) is 0 Å². The molecule has 1 aromatic rings. The molecule has 0 saturated heterocycles. The minimum atomic E-state index is -0.676. The second kappa shape index (κ2) is 5.52. The van der Waals surface area contributed by atoms with Crippen LogP contribution < -0.4 is 0 Å². The number of hydrogen-bond donors (Lipinski definition) is 0. The molecule has 0 bridgehead atoms. The van der Waals surface area contributed by atoms with E-state index >= 15 is 0 Å². The van der Waals surface area contributed by atoms with E-state index in [1.54, 1.807) is 6.08 Å². The van der Waals surface area contributed by atoms with Crippen molar-refractivity contribution < 1.29 is 14.3 Å². The standard InChI is InChI=1S/C11H10N2O2/c1-9(13-12)11(14)15-8-7-10-5-3-2-4-6-10/h2-8H,1H3. The molecule has 0 radical (unpaired) electrons. The number of benzene rings is 1. The average Bonchev–Trinajstić information content (AvgIpc) is 2.29.